The van der Waals surface area contributed by atoms with Gasteiger partial charge in [0, 0.05) is 25.3 Å². The number of nitrogens with zero attached hydrogens (tertiary/aromatic N) is 1. The molecule has 1 N–H and O–H groups in total. The third kappa shape index (κ3) is 4.00. The molecule has 2 heteroatoms. The maximum absolute atomic E-state index is 3.71. The Hall–Kier alpha value is -1.02. The summed E-state index contributed by atoms with van der Waals surface area (Å²) in [6.45, 7) is 7.08. The molecule has 3 rings (SSSR count). The molecule has 1 aromatic rings. The minimum Gasteiger partial charge on any atom is -0.370 e. The van der Waals surface area contributed by atoms with Crippen molar-refractivity contribution in [2.75, 3.05) is 31.1 Å². The van der Waals surface area contributed by atoms with Crippen molar-refractivity contribution in [1.82, 2.24) is 5.32 Å². The maximum Gasteiger partial charge on any atom is 0.0399 e. The second-order valence-electron chi connectivity index (χ2n) is 7.09. The van der Waals surface area contributed by atoms with Crippen LogP contribution in [0.5, 0.6) is 0 Å². The predicted octanol–water partition coefficient (Wildman–Crippen LogP) is 3.86. The molecule has 1 heterocycles. The Kier molecular flexibility index (Phi) is 5.18. The van der Waals surface area contributed by atoms with Crippen LogP contribution in [0.15, 0.2) is 24.3 Å². The highest BCUT2D eigenvalue weighted by atomic mass is 15.2. The molecular formula is C19H30N2. The number of nitrogens with one attached hydrogen (secondary N) is 1. The van der Waals surface area contributed by atoms with Crippen molar-refractivity contribution in [1.29, 1.82) is 0 Å². The minimum absolute atomic E-state index is 0.776. The van der Waals surface area contributed by atoms with Crippen LogP contribution in [-0.4, -0.2) is 26.2 Å². The summed E-state index contributed by atoms with van der Waals surface area (Å²) in [7, 11) is 0. The van der Waals surface area contributed by atoms with Crippen LogP contribution >= 0.6 is 0 Å². The Bertz CT molecular complexity index is 437. The predicted molar refractivity (Wildman–Crippen MR) is 91.0 cm³/mol. The molecule has 0 amide bonds. The van der Waals surface area contributed by atoms with Gasteiger partial charge in [-0.1, -0.05) is 44.4 Å². The van der Waals surface area contributed by atoms with Crippen molar-refractivity contribution >= 4 is 5.69 Å². The van der Waals surface area contributed by atoms with E-state index in [-0.39, 0.29) is 0 Å². The first-order valence-corrected chi connectivity index (χ1v) is 8.86. The Labute approximate surface area is 129 Å². The second kappa shape index (κ2) is 7.31. The maximum atomic E-state index is 3.71. The Morgan fingerprint density at radius 3 is 2.81 bits per heavy atom. The van der Waals surface area contributed by atoms with Crippen LogP contribution in [0.25, 0.3) is 0 Å². The lowest BCUT2D eigenvalue weighted by molar-refractivity contribution is 0.343. The quantitative estimate of drug-likeness (QED) is 0.827. The van der Waals surface area contributed by atoms with Crippen molar-refractivity contribution in [2.24, 2.45) is 11.8 Å². The van der Waals surface area contributed by atoms with Crippen molar-refractivity contribution in [3.8, 4) is 0 Å². The molecule has 1 aliphatic carbocycles. The highest BCUT2D eigenvalue weighted by Gasteiger charge is 2.20. The standard InChI is InChI=1S/C19H30N2/c1-16-13-18-9-5-6-10-19(18)21(15-16)12-11-20-14-17-7-3-2-4-8-17/h5-6,9-10,16-17,20H,2-4,7-8,11-15H2,1H3. The van der Waals surface area contributed by atoms with Gasteiger partial charge in [0.2, 0.25) is 0 Å². The smallest absolute Gasteiger partial charge is 0.0399 e. The van der Waals surface area contributed by atoms with Gasteiger partial charge < -0.3 is 10.2 Å². The molecule has 2 nitrogen and oxygen atoms in total. The zero-order valence-corrected chi connectivity index (χ0v) is 13.5. The Morgan fingerprint density at radius 1 is 1.14 bits per heavy atom. The van der Waals surface area contributed by atoms with E-state index in [1.54, 1.807) is 0 Å². The van der Waals surface area contributed by atoms with E-state index in [9.17, 15) is 0 Å². The second-order valence-corrected chi connectivity index (χ2v) is 7.09. The molecule has 0 saturated heterocycles. The number of hydrogen-bond donors (Lipinski definition) is 1. The first kappa shape index (κ1) is 14.9. The average molecular weight is 286 g/mol. The fraction of sp³-hybridized carbons (Fsp3) is 0.684. The zero-order chi connectivity index (χ0) is 14.5. The van der Waals surface area contributed by atoms with E-state index in [4.69, 9.17) is 0 Å². The fourth-order valence-corrected chi connectivity index (χ4v) is 4.03. The van der Waals surface area contributed by atoms with Crippen molar-refractivity contribution in [3.05, 3.63) is 29.8 Å². The number of fused-ring (bicyclic) bond motifs is 1. The van der Waals surface area contributed by atoms with E-state index in [1.807, 2.05) is 0 Å². The van der Waals surface area contributed by atoms with Crippen LogP contribution in [0.2, 0.25) is 0 Å². The molecule has 1 unspecified atom stereocenters. The van der Waals surface area contributed by atoms with Crippen molar-refractivity contribution < 1.29 is 0 Å². The number of rotatable bonds is 5. The van der Waals surface area contributed by atoms with E-state index in [1.165, 1.54) is 62.9 Å². The summed E-state index contributed by atoms with van der Waals surface area (Å²) in [5.74, 6) is 1.71. The normalized spacial score (nSPS) is 23.1. The van der Waals surface area contributed by atoms with Gasteiger partial charge in [0.15, 0.2) is 0 Å². The molecule has 21 heavy (non-hydrogen) atoms. The number of benzene rings is 1. The summed E-state index contributed by atoms with van der Waals surface area (Å²) in [5.41, 5.74) is 3.00. The molecule has 116 valence electrons. The molecular weight excluding hydrogens is 256 g/mol. The molecule has 0 radical (unpaired) electrons. The Morgan fingerprint density at radius 2 is 1.95 bits per heavy atom. The van der Waals surface area contributed by atoms with E-state index in [2.05, 4.69) is 41.4 Å². The number of para-hydroxylation sites is 1. The molecule has 1 saturated carbocycles. The molecule has 0 spiro atoms. The summed E-state index contributed by atoms with van der Waals surface area (Å²) in [6, 6.07) is 8.95. The lowest BCUT2D eigenvalue weighted by atomic mass is 9.89. The number of hydrogen-bond acceptors (Lipinski definition) is 2. The lowest BCUT2D eigenvalue weighted by Gasteiger charge is -2.35. The molecule has 2 aliphatic rings. The van der Waals surface area contributed by atoms with Crippen LogP contribution in [0.3, 0.4) is 0 Å². The van der Waals surface area contributed by atoms with E-state index in [0.29, 0.717) is 0 Å². The highest BCUT2D eigenvalue weighted by Crippen LogP contribution is 2.29. The molecule has 0 bridgehead atoms. The topological polar surface area (TPSA) is 15.3 Å². The SMILES string of the molecule is CC1Cc2ccccc2N(CCNCC2CCCCC2)C1. The van der Waals surface area contributed by atoms with Crippen LogP contribution in [0.4, 0.5) is 5.69 Å². The van der Waals surface area contributed by atoms with Crippen LogP contribution in [0.1, 0.15) is 44.6 Å². The summed E-state index contributed by atoms with van der Waals surface area (Å²) in [4.78, 5) is 2.58. The van der Waals surface area contributed by atoms with Crippen LogP contribution < -0.4 is 10.2 Å². The minimum atomic E-state index is 0.776. The summed E-state index contributed by atoms with van der Waals surface area (Å²) in [5, 5.41) is 3.71. The van der Waals surface area contributed by atoms with E-state index >= 15 is 0 Å². The van der Waals surface area contributed by atoms with Gasteiger partial charge in [0.05, 0.1) is 0 Å². The van der Waals surface area contributed by atoms with Gasteiger partial charge in [-0.3, -0.25) is 0 Å². The molecule has 0 aromatic heterocycles. The molecule has 1 aromatic carbocycles. The third-order valence-electron chi connectivity index (χ3n) is 5.15. The van der Waals surface area contributed by atoms with Gasteiger partial charge in [-0.25, -0.2) is 0 Å². The van der Waals surface area contributed by atoms with Gasteiger partial charge in [-0.05, 0) is 49.3 Å². The van der Waals surface area contributed by atoms with Crippen LogP contribution in [0, 0.1) is 11.8 Å². The first-order valence-electron chi connectivity index (χ1n) is 8.86. The molecule has 1 fully saturated rings. The van der Waals surface area contributed by atoms with Crippen LogP contribution in [-0.2, 0) is 6.42 Å². The van der Waals surface area contributed by atoms with Gasteiger partial charge in [0.1, 0.15) is 0 Å². The van der Waals surface area contributed by atoms with Crippen molar-refractivity contribution in [2.45, 2.75) is 45.4 Å². The fourth-order valence-electron chi connectivity index (χ4n) is 4.03. The third-order valence-corrected chi connectivity index (χ3v) is 5.15. The lowest BCUT2D eigenvalue weighted by Crippen LogP contribution is -2.39. The average Bonchev–Trinajstić information content (AvgIpc) is 2.52. The zero-order valence-electron chi connectivity index (χ0n) is 13.5. The Balaban J connectivity index is 1.46. The highest BCUT2D eigenvalue weighted by molar-refractivity contribution is 5.55. The molecule has 1 aliphatic heterocycles. The molecule has 1 atom stereocenters. The van der Waals surface area contributed by atoms with E-state index in [0.717, 1.165) is 24.9 Å². The van der Waals surface area contributed by atoms with Gasteiger partial charge in [-0.2, -0.15) is 0 Å². The summed E-state index contributed by atoms with van der Waals surface area (Å²) in [6.07, 6.45) is 8.47. The largest absolute Gasteiger partial charge is 0.370 e. The summed E-state index contributed by atoms with van der Waals surface area (Å²) >= 11 is 0. The summed E-state index contributed by atoms with van der Waals surface area (Å²) < 4.78 is 0. The van der Waals surface area contributed by atoms with Gasteiger partial charge in [0.25, 0.3) is 0 Å². The van der Waals surface area contributed by atoms with Gasteiger partial charge in [-0.15, -0.1) is 0 Å². The monoisotopic (exact) mass is 286 g/mol. The van der Waals surface area contributed by atoms with E-state index < -0.39 is 0 Å². The van der Waals surface area contributed by atoms with Crippen molar-refractivity contribution in [3.63, 3.8) is 0 Å². The number of anilines is 1. The first-order chi connectivity index (χ1) is 10.3. The van der Waals surface area contributed by atoms with Gasteiger partial charge >= 0.3 is 0 Å².